The van der Waals surface area contributed by atoms with Crippen LogP contribution in [-0.4, -0.2) is 34.0 Å². The standard InChI is InChI=1S/C28H28N4O3/c29-23(16-19-8-3-1-4-9-19)27(34)32-24(17-20-10-5-2-6-11-20)28(35)31-18-21-13-14-25(33)26-22(21)12-7-15-30-26/h1-15,23-24,33H,16-18,29H2,(H,31,35)(H,32,34)/t23-,24-/m0/s1. The monoisotopic (exact) mass is 468 g/mol. The number of nitrogens with one attached hydrogen (secondary N) is 2. The minimum atomic E-state index is -0.798. The van der Waals surface area contributed by atoms with Crippen molar-refractivity contribution in [2.24, 2.45) is 5.73 Å². The maximum atomic E-state index is 13.2. The number of phenols is 1. The molecule has 0 saturated carbocycles. The van der Waals surface area contributed by atoms with Gasteiger partial charge in [0.2, 0.25) is 11.8 Å². The van der Waals surface area contributed by atoms with Gasteiger partial charge in [0.25, 0.3) is 0 Å². The molecule has 0 saturated heterocycles. The number of aromatic nitrogens is 1. The second-order valence-electron chi connectivity index (χ2n) is 8.41. The molecule has 0 aliphatic heterocycles. The third-order valence-corrected chi connectivity index (χ3v) is 5.84. The van der Waals surface area contributed by atoms with Crippen LogP contribution in [-0.2, 0) is 29.0 Å². The van der Waals surface area contributed by atoms with Gasteiger partial charge in [-0.25, -0.2) is 0 Å². The predicted octanol–water partition coefficient (Wildman–Crippen LogP) is 2.85. The molecule has 7 nitrogen and oxygen atoms in total. The van der Waals surface area contributed by atoms with Gasteiger partial charge in [-0.15, -0.1) is 0 Å². The number of nitrogens with two attached hydrogens (primary N) is 1. The number of fused-ring (bicyclic) bond motifs is 1. The number of carbonyl (C=O) groups is 2. The van der Waals surface area contributed by atoms with Crippen LogP contribution < -0.4 is 16.4 Å². The molecule has 0 aliphatic carbocycles. The normalized spacial score (nSPS) is 12.6. The Labute approximate surface area is 204 Å². The van der Waals surface area contributed by atoms with Crippen LogP contribution >= 0.6 is 0 Å². The molecule has 2 amide bonds. The van der Waals surface area contributed by atoms with Gasteiger partial charge in [0.05, 0.1) is 6.04 Å². The molecule has 4 aromatic rings. The van der Waals surface area contributed by atoms with E-state index >= 15 is 0 Å². The smallest absolute Gasteiger partial charge is 0.243 e. The average molecular weight is 469 g/mol. The molecule has 0 fully saturated rings. The maximum Gasteiger partial charge on any atom is 0.243 e. The van der Waals surface area contributed by atoms with Crippen molar-refractivity contribution in [2.75, 3.05) is 0 Å². The summed E-state index contributed by atoms with van der Waals surface area (Å²) in [6.07, 6.45) is 2.31. The van der Waals surface area contributed by atoms with Gasteiger partial charge < -0.3 is 21.5 Å². The number of rotatable bonds is 9. The van der Waals surface area contributed by atoms with Crippen LogP contribution in [0.3, 0.4) is 0 Å². The molecule has 0 aliphatic rings. The fraction of sp³-hybridized carbons (Fsp3) is 0.179. The molecule has 4 rings (SSSR count). The molecule has 178 valence electrons. The van der Waals surface area contributed by atoms with Gasteiger partial charge in [0.1, 0.15) is 17.3 Å². The van der Waals surface area contributed by atoms with Crippen LogP contribution in [0.1, 0.15) is 16.7 Å². The Balaban J connectivity index is 1.47. The highest BCUT2D eigenvalue weighted by Crippen LogP contribution is 2.25. The summed E-state index contributed by atoms with van der Waals surface area (Å²) in [6.45, 7) is 0.221. The summed E-state index contributed by atoms with van der Waals surface area (Å²) in [5, 5.41) is 16.6. The van der Waals surface area contributed by atoms with Crippen molar-refractivity contribution in [1.82, 2.24) is 15.6 Å². The van der Waals surface area contributed by atoms with Crippen molar-refractivity contribution in [3.63, 3.8) is 0 Å². The molecule has 2 atom stereocenters. The van der Waals surface area contributed by atoms with E-state index in [4.69, 9.17) is 5.73 Å². The molecular weight excluding hydrogens is 440 g/mol. The first-order chi connectivity index (χ1) is 17.0. The van der Waals surface area contributed by atoms with E-state index in [2.05, 4.69) is 15.6 Å². The van der Waals surface area contributed by atoms with Crippen molar-refractivity contribution in [1.29, 1.82) is 0 Å². The van der Waals surface area contributed by atoms with E-state index in [1.165, 1.54) is 0 Å². The zero-order valence-electron chi connectivity index (χ0n) is 19.2. The summed E-state index contributed by atoms with van der Waals surface area (Å²) in [5.74, 6) is -0.624. The lowest BCUT2D eigenvalue weighted by atomic mass is 10.0. The first-order valence-electron chi connectivity index (χ1n) is 11.5. The molecule has 0 unspecified atom stereocenters. The highest BCUT2D eigenvalue weighted by Gasteiger charge is 2.24. The Kier molecular flexibility index (Phi) is 7.70. The Bertz CT molecular complexity index is 1300. The number of phenolic OH excluding ortho intramolecular Hbond substituents is 1. The Morgan fingerprint density at radius 1 is 0.829 bits per heavy atom. The van der Waals surface area contributed by atoms with E-state index in [1.54, 1.807) is 24.4 Å². The Hall–Kier alpha value is -4.23. The third-order valence-electron chi connectivity index (χ3n) is 5.84. The van der Waals surface area contributed by atoms with Gasteiger partial charge in [-0.1, -0.05) is 72.8 Å². The van der Waals surface area contributed by atoms with Gasteiger partial charge in [0, 0.05) is 24.5 Å². The largest absolute Gasteiger partial charge is 0.506 e. The van der Waals surface area contributed by atoms with Gasteiger partial charge in [-0.3, -0.25) is 14.6 Å². The fourth-order valence-electron chi connectivity index (χ4n) is 3.98. The predicted molar refractivity (Wildman–Crippen MR) is 135 cm³/mol. The molecule has 5 N–H and O–H groups in total. The van der Waals surface area contributed by atoms with Crippen LogP contribution in [0.2, 0.25) is 0 Å². The number of pyridine rings is 1. The molecule has 7 heteroatoms. The lowest BCUT2D eigenvalue weighted by Crippen LogP contribution is -2.52. The lowest BCUT2D eigenvalue weighted by Gasteiger charge is -2.21. The number of hydrogen-bond donors (Lipinski definition) is 4. The van der Waals surface area contributed by atoms with Gasteiger partial charge in [-0.05, 0) is 35.2 Å². The zero-order chi connectivity index (χ0) is 24.6. The quantitative estimate of drug-likeness (QED) is 0.301. The lowest BCUT2D eigenvalue weighted by molar-refractivity contribution is -0.129. The summed E-state index contributed by atoms with van der Waals surface area (Å²) in [5.41, 5.74) is 9.31. The molecule has 0 bridgehead atoms. The second kappa shape index (κ2) is 11.3. The van der Waals surface area contributed by atoms with Gasteiger partial charge in [0.15, 0.2) is 0 Å². The molecular formula is C28H28N4O3. The summed E-state index contributed by atoms with van der Waals surface area (Å²) >= 11 is 0. The number of benzene rings is 3. The summed E-state index contributed by atoms with van der Waals surface area (Å²) in [4.78, 5) is 30.3. The number of aromatic hydroxyl groups is 1. The minimum Gasteiger partial charge on any atom is -0.506 e. The van der Waals surface area contributed by atoms with Crippen molar-refractivity contribution >= 4 is 22.7 Å². The highest BCUT2D eigenvalue weighted by molar-refractivity contribution is 5.91. The van der Waals surface area contributed by atoms with Crippen LogP contribution in [0.4, 0.5) is 0 Å². The minimum absolute atomic E-state index is 0.0808. The van der Waals surface area contributed by atoms with Crippen molar-refractivity contribution in [3.8, 4) is 5.75 Å². The topological polar surface area (TPSA) is 117 Å². The van der Waals surface area contributed by atoms with E-state index in [1.807, 2.05) is 66.7 Å². The van der Waals surface area contributed by atoms with Crippen LogP contribution in [0.15, 0.2) is 91.1 Å². The van der Waals surface area contributed by atoms with Crippen molar-refractivity contribution in [3.05, 3.63) is 108 Å². The van der Waals surface area contributed by atoms with Crippen molar-refractivity contribution in [2.45, 2.75) is 31.5 Å². The average Bonchev–Trinajstić information content (AvgIpc) is 2.89. The number of amides is 2. The zero-order valence-corrected chi connectivity index (χ0v) is 19.2. The summed E-state index contributed by atoms with van der Waals surface area (Å²) in [6, 6.07) is 24.4. The molecule has 35 heavy (non-hydrogen) atoms. The van der Waals surface area contributed by atoms with Crippen LogP contribution in [0, 0.1) is 0 Å². The molecule has 3 aromatic carbocycles. The molecule has 1 aromatic heterocycles. The Morgan fingerprint density at radius 3 is 2.17 bits per heavy atom. The highest BCUT2D eigenvalue weighted by atomic mass is 16.3. The summed E-state index contributed by atoms with van der Waals surface area (Å²) in [7, 11) is 0. The first kappa shape index (κ1) is 23.9. The molecule has 1 heterocycles. The number of carbonyl (C=O) groups excluding carboxylic acids is 2. The maximum absolute atomic E-state index is 13.2. The second-order valence-corrected chi connectivity index (χ2v) is 8.41. The Morgan fingerprint density at radius 2 is 1.49 bits per heavy atom. The van der Waals surface area contributed by atoms with Crippen molar-refractivity contribution < 1.29 is 14.7 Å². The van der Waals surface area contributed by atoms with Gasteiger partial charge >= 0.3 is 0 Å². The van der Waals surface area contributed by atoms with E-state index < -0.39 is 12.1 Å². The first-order valence-corrected chi connectivity index (χ1v) is 11.5. The summed E-state index contributed by atoms with van der Waals surface area (Å²) < 4.78 is 0. The number of nitrogens with zero attached hydrogens (tertiary/aromatic N) is 1. The molecule has 0 radical (unpaired) electrons. The number of hydrogen-bond acceptors (Lipinski definition) is 5. The molecule has 0 spiro atoms. The fourth-order valence-corrected chi connectivity index (χ4v) is 3.98. The van der Waals surface area contributed by atoms with Crippen LogP contribution in [0.25, 0.3) is 10.9 Å². The van der Waals surface area contributed by atoms with E-state index in [0.717, 1.165) is 22.1 Å². The SMILES string of the molecule is N[C@@H](Cc1ccccc1)C(=O)N[C@@H](Cc1ccccc1)C(=O)NCc1ccc(O)c2ncccc12. The van der Waals surface area contributed by atoms with E-state index in [-0.39, 0.29) is 24.1 Å². The van der Waals surface area contributed by atoms with E-state index in [9.17, 15) is 14.7 Å². The third kappa shape index (κ3) is 6.22. The van der Waals surface area contributed by atoms with Crippen LogP contribution in [0.5, 0.6) is 5.75 Å². The van der Waals surface area contributed by atoms with E-state index in [0.29, 0.717) is 18.4 Å². The van der Waals surface area contributed by atoms with Gasteiger partial charge in [-0.2, -0.15) is 0 Å².